The summed E-state index contributed by atoms with van der Waals surface area (Å²) in [6.07, 6.45) is 2.33. The lowest BCUT2D eigenvalue weighted by Crippen LogP contribution is -2.38. The average molecular weight is 247 g/mol. The summed E-state index contributed by atoms with van der Waals surface area (Å²) in [5.41, 5.74) is 1.31. The van der Waals surface area contributed by atoms with Crippen LogP contribution in [0.1, 0.15) is 32.3 Å². The quantitative estimate of drug-likeness (QED) is 0.475. The van der Waals surface area contributed by atoms with Gasteiger partial charge < -0.3 is 10.2 Å². The van der Waals surface area contributed by atoms with Gasteiger partial charge in [0.2, 0.25) is 0 Å². The van der Waals surface area contributed by atoms with E-state index in [0.29, 0.717) is 0 Å². The molecule has 0 aliphatic heterocycles. The lowest BCUT2D eigenvalue weighted by molar-refractivity contribution is 0.476. The van der Waals surface area contributed by atoms with Gasteiger partial charge in [0.05, 0.1) is 0 Å². The maximum absolute atomic E-state index is 4.63. The highest BCUT2D eigenvalue weighted by atomic mass is 15.3. The summed E-state index contributed by atoms with van der Waals surface area (Å²) in [5, 5.41) is 3.34. The molecule has 0 atom stereocenters. The van der Waals surface area contributed by atoms with Crippen LogP contribution in [0, 0.1) is 0 Å². The molecular formula is C15H25N3. The van der Waals surface area contributed by atoms with Crippen molar-refractivity contribution in [1.82, 2.24) is 10.2 Å². The van der Waals surface area contributed by atoms with Crippen molar-refractivity contribution >= 4 is 5.96 Å². The molecule has 18 heavy (non-hydrogen) atoms. The maximum Gasteiger partial charge on any atom is 0.193 e. The molecule has 1 N–H and O–H groups in total. The Morgan fingerprint density at radius 3 is 2.56 bits per heavy atom. The third-order valence-electron chi connectivity index (χ3n) is 2.73. The van der Waals surface area contributed by atoms with Gasteiger partial charge in [0.25, 0.3) is 0 Å². The molecule has 0 amide bonds. The Morgan fingerprint density at radius 2 is 1.94 bits per heavy atom. The SMILES string of the molecule is CCCCN=C(NCC)N(C)Cc1ccccc1. The molecule has 0 bridgehead atoms. The molecule has 1 rings (SSSR count). The highest BCUT2D eigenvalue weighted by Gasteiger charge is 2.05. The molecule has 0 aromatic heterocycles. The fraction of sp³-hybridized carbons (Fsp3) is 0.533. The van der Waals surface area contributed by atoms with Crippen LogP contribution in [-0.2, 0) is 6.54 Å². The van der Waals surface area contributed by atoms with Gasteiger partial charge in [0.1, 0.15) is 0 Å². The zero-order valence-corrected chi connectivity index (χ0v) is 11.8. The molecule has 0 unspecified atom stereocenters. The highest BCUT2D eigenvalue weighted by Crippen LogP contribution is 2.03. The first-order chi connectivity index (χ1) is 8.77. The van der Waals surface area contributed by atoms with Gasteiger partial charge >= 0.3 is 0 Å². The van der Waals surface area contributed by atoms with Crippen molar-refractivity contribution in [2.45, 2.75) is 33.2 Å². The topological polar surface area (TPSA) is 27.6 Å². The Kier molecular flexibility index (Phi) is 6.92. The lowest BCUT2D eigenvalue weighted by Gasteiger charge is -2.22. The number of aliphatic imine (C=N–C) groups is 1. The van der Waals surface area contributed by atoms with Crippen molar-refractivity contribution in [3.8, 4) is 0 Å². The fourth-order valence-corrected chi connectivity index (χ4v) is 1.74. The second-order valence-corrected chi connectivity index (χ2v) is 4.43. The van der Waals surface area contributed by atoms with Gasteiger partial charge in [0, 0.05) is 26.7 Å². The normalized spacial score (nSPS) is 11.4. The predicted octanol–water partition coefficient (Wildman–Crippen LogP) is 2.88. The highest BCUT2D eigenvalue weighted by molar-refractivity contribution is 5.79. The van der Waals surface area contributed by atoms with Gasteiger partial charge in [-0.3, -0.25) is 4.99 Å². The van der Waals surface area contributed by atoms with Gasteiger partial charge in [-0.25, -0.2) is 0 Å². The van der Waals surface area contributed by atoms with Crippen LogP contribution in [0.4, 0.5) is 0 Å². The summed E-state index contributed by atoms with van der Waals surface area (Å²) < 4.78 is 0. The zero-order valence-electron chi connectivity index (χ0n) is 11.8. The number of nitrogens with one attached hydrogen (secondary N) is 1. The minimum absolute atomic E-state index is 0.888. The van der Waals surface area contributed by atoms with E-state index in [2.05, 4.69) is 60.4 Å². The molecule has 0 saturated carbocycles. The molecule has 100 valence electrons. The Hall–Kier alpha value is -1.51. The van der Waals surface area contributed by atoms with Crippen LogP contribution >= 0.6 is 0 Å². The van der Waals surface area contributed by atoms with E-state index in [1.165, 1.54) is 12.0 Å². The largest absolute Gasteiger partial charge is 0.357 e. The first-order valence-electron chi connectivity index (χ1n) is 6.81. The summed E-state index contributed by atoms with van der Waals surface area (Å²) >= 11 is 0. The third-order valence-corrected chi connectivity index (χ3v) is 2.73. The average Bonchev–Trinajstić information content (AvgIpc) is 2.39. The molecule has 1 aromatic rings. The molecule has 0 spiro atoms. The summed E-state index contributed by atoms with van der Waals surface area (Å²) in [6, 6.07) is 10.5. The minimum atomic E-state index is 0.888. The van der Waals surface area contributed by atoms with E-state index in [0.717, 1.165) is 32.0 Å². The molecular weight excluding hydrogens is 222 g/mol. The monoisotopic (exact) mass is 247 g/mol. The number of unbranched alkanes of at least 4 members (excludes halogenated alkanes) is 1. The molecule has 0 saturated heterocycles. The van der Waals surface area contributed by atoms with Crippen LogP contribution < -0.4 is 5.32 Å². The van der Waals surface area contributed by atoms with Crippen LogP contribution in [-0.4, -0.2) is 31.0 Å². The molecule has 0 aliphatic rings. The van der Waals surface area contributed by atoms with E-state index >= 15 is 0 Å². The minimum Gasteiger partial charge on any atom is -0.357 e. The Bertz CT molecular complexity index is 346. The third kappa shape index (κ3) is 5.21. The molecule has 0 fully saturated rings. The van der Waals surface area contributed by atoms with Gasteiger partial charge in [-0.1, -0.05) is 43.7 Å². The summed E-state index contributed by atoms with van der Waals surface area (Å²) in [7, 11) is 2.08. The number of hydrogen-bond donors (Lipinski definition) is 1. The molecule has 0 heterocycles. The fourth-order valence-electron chi connectivity index (χ4n) is 1.74. The van der Waals surface area contributed by atoms with E-state index in [1.807, 2.05) is 6.07 Å². The van der Waals surface area contributed by atoms with Gasteiger partial charge in [-0.15, -0.1) is 0 Å². The van der Waals surface area contributed by atoms with E-state index in [1.54, 1.807) is 0 Å². The smallest absolute Gasteiger partial charge is 0.193 e. The van der Waals surface area contributed by atoms with Gasteiger partial charge in [0.15, 0.2) is 5.96 Å². The van der Waals surface area contributed by atoms with Crippen LogP contribution in [0.25, 0.3) is 0 Å². The Labute approximate surface area is 111 Å². The number of hydrogen-bond acceptors (Lipinski definition) is 1. The molecule has 0 aliphatic carbocycles. The van der Waals surface area contributed by atoms with E-state index in [9.17, 15) is 0 Å². The lowest BCUT2D eigenvalue weighted by atomic mass is 10.2. The van der Waals surface area contributed by atoms with Gasteiger partial charge in [-0.05, 0) is 18.9 Å². The van der Waals surface area contributed by atoms with E-state index in [4.69, 9.17) is 0 Å². The van der Waals surface area contributed by atoms with Crippen LogP contribution in [0.3, 0.4) is 0 Å². The van der Waals surface area contributed by atoms with Crippen molar-refractivity contribution < 1.29 is 0 Å². The standard InChI is InChI=1S/C15H25N3/c1-4-6-12-17-15(16-5-2)18(3)13-14-10-8-7-9-11-14/h7-11H,4-6,12-13H2,1-3H3,(H,16,17). The van der Waals surface area contributed by atoms with Gasteiger partial charge in [-0.2, -0.15) is 0 Å². The predicted molar refractivity (Wildman–Crippen MR) is 78.8 cm³/mol. The Balaban J connectivity index is 2.58. The van der Waals surface area contributed by atoms with Crippen LogP contribution in [0.5, 0.6) is 0 Å². The van der Waals surface area contributed by atoms with E-state index in [-0.39, 0.29) is 0 Å². The van der Waals surface area contributed by atoms with E-state index < -0.39 is 0 Å². The summed E-state index contributed by atoms with van der Waals surface area (Å²) in [6.45, 7) is 6.99. The number of nitrogens with zero attached hydrogens (tertiary/aromatic N) is 2. The van der Waals surface area contributed by atoms with Crippen molar-refractivity contribution in [3.05, 3.63) is 35.9 Å². The first-order valence-corrected chi connectivity index (χ1v) is 6.81. The summed E-state index contributed by atoms with van der Waals surface area (Å²) in [4.78, 5) is 6.81. The number of guanidine groups is 1. The van der Waals surface area contributed by atoms with Crippen molar-refractivity contribution in [1.29, 1.82) is 0 Å². The zero-order chi connectivity index (χ0) is 13.2. The molecule has 0 radical (unpaired) electrons. The van der Waals surface area contributed by atoms with Crippen molar-refractivity contribution in [3.63, 3.8) is 0 Å². The number of rotatable bonds is 6. The van der Waals surface area contributed by atoms with Crippen molar-refractivity contribution in [2.75, 3.05) is 20.1 Å². The molecule has 1 aromatic carbocycles. The number of benzene rings is 1. The Morgan fingerprint density at radius 1 is 1.22 bits per heavy atom. The van der Waals surface area contributed by atoms with Crippen molar-refractivity contribution in [2.24, 2.45) is 4.99 Å². The molecule has 3 heteroatoms. The van der Waals surface area contributed by atoms with Crippen LogP contribution in [0.15, 0.2) is 35.3 Å². The maximum atomic E-state index is 4.63. The second-order valence-electron chi connectivity index (χ2n) is 4.43. The first kappa shape index (κ1) is 14.6. The molecule has 3 nitrogen and oxygen atoms in total. The van der Waals surface area contributed by atoms with Crippen LogP contribution in [0.2, 0.25) is 0 Å². The summed E-state index contributed by atoms with van der Waals surface area (Å²) in [5.74, 6) is 0.995. The second kappa shape index (κ2) is 8.56.